The third-order valence-electron chi connectivity index (χ3n) is 4.06. The standard InChI is InChI=1S/C15H16N4O/c1-18-6-8-19(9-7-18)15-14-13(16-10-17-15)11-4-2-3-5-12(11)20-14/h2-5,10H,6-9H2,1H3/p+1. The predicted octanol–water partition coefficient (Wildman–Crippen LogP) is 0.711. The Bertz CT molecular complexity index is 759. The maximum absolute atomic E-state index is 5.99. The molecule has 0 aliphatic carbocycles. The first kappa shape index (κ1) is 11.7. The molecule has 1 saturated heterocycles. The van der Waals surface area contributed by atoms with E-state index in [4.69, 9.17) is 4.42 Å². The Kier molecular flexibility index (Phi) is 2.60. The zero-order chi connectivity index (χ0) is 13.5. The summed E-state index contributed by atoms with van der Waals surface area (Å²) in [5, 5.41) is 1.06. The van der Waals surface area contributed by atoms with Crippen molar-refractivity contribution in [1.29, 1.82) is 0 Å². The Morgan fingerprint density at radius 2 is 1.95 bits per heavy atom. The van der Waals surface area contributed by atoms with Crippen LogP contribution in [0.2, 0.25) is 0 Å². The van der Waals surface area contributed by atoms with Crippen LogP contribution in [0.4, 0.5) is 5.82 Å². The number of furan rings is 1. The topological polar surface area (TPSA) is 46.6 Å². The molecule has 1 N–H and O–H groups in total. The number of anilines is 1. The second-order valence-corrected chi connectivity index (χ2v) is 5.42. The fourth-order valence-electron chi connectivity index (χ4n) is 2.84. The molecule has 0 unspecified atom stereocenters. The molecule has 5 nitrogen and oxygen atoms in total. The Morgan fingerprint density at radius 1 is 1.15 bits per heavy atom. The van der Waals surface area contributed by atoms with E-state index < -0.39 is 0 Å². The van der Waals surface area contributed by atoms with E-state index in [1.807, 2.05) is 24.3 Å². The summed E-state index contributed by atoms with van der Waals surface area (Å²) < 4.78 is 5.99. The van der Waals surface area contributed by atoms with Crippen molar-refractivity contribution in [2.24, 2.45) is 0 Å². The van der Waals surface area contributed by atoms with Crippen molar-refractivity contribution in [3.05, 3.63) is 30.6 Å². The van der Waals surface area contributed by atoms with Gasteiger partial charge in [-0.25, -0.2) is 9.97 Å². The van der Waals surface area contributed by atoms with Crippen LogP contribution >= 0.6 is 0 Å². The molecular formula is C15H17N4O+. The van der Waals surface area contributed by atoms with E-state index in [1.54, 1.807) is 11.2 Å². The summed E-state index contributed by atoms with van der Waals surface area (Å²) >= 11 is 0. The number of benzene rings is 1. The van der Waals surface area contributed by atoms with Gasteiger partial charge in [0.15, 0.2) is 11.4 Å². The van der Waals surface area contributed by atoms with Gasteiger partial charge in [0.1, 0.15) is 17.4 Å². The third-order valence-corrected chi connectivity index (χ3v) is 4.06. The number of rotatable bonds is 1. The lowest BCUT2D eigenvalue weighted by atomic mass is 10.2. The summed E-state index contributed by atoms with van der Waals surface area (Å²) in [6.07, 6.45) is 1.64. The molecule has 0 radical (unpaired) electrons. The normalized spacial score (nSPS) is 17.1. The van der Waals surface area contributed by atoms with Gasteiger partial charge in [-0.3, -0.25) is 0 Å². The second-order valence-electron chi connectivity index (χ2n) is 5.42. The molecule has 4 rings (SSSR count). The number of piperazine rings is 1. The monoisotopic (exact) mass is 269 g/mol. The average Bonchev–Trinajstić information content (AvgIpc) is 2.87. The van der Waals surface area contributed by atoms with Crippen LogP contribution in [-0.2, 0) is 0 Å². The van der Waals surface area contributed by atoms with Gasteiger partial charge in [0, 0.05) is 5.39 Å². The lowest BCUT2D eigenvalue weighted by Crippen LogP contribution is -3.12. The second kappa shape index (κ2) is 4.45. The SMILES string of the molecule is C[NH+]1CCN(c2ncnc3c2oc2ccccc23)CC1. The van der Waals surface area contributed by atoms with Crippen LogP contribution in [0, 0.1) is 0 Å². The van der Waals surface area contributed by atoms with E-state index in [0.717, 1.165) is 54.1 Å². The number of hydrogen-bond acceptors (Lipinski definition) is 4. The molecule has 5 heteroatoms. The van der Waals surface area contributed by atoms with Crippen LogP contribution in [-0.4, -0.2) is 43.2 Å². The molecule has 2 aromatic heterocycles. The van der Waals surface area contributed by atoms with Crippen LogP contribution < -0.4 is 9.80 Å². The van der Waals surface area contributed by atoms with Gasteiger partial charge in [0.25, 0.3) is 0 Å². The van der Waals surface area contributed by atoms with Crippen molar-refractivity contribution < 1.29 is 9.32 Å². The Hall–Kier alpha value is -2.14. The van der Waals surface area contributed by atoms with E-state index in [0.29, 0.717) is 0 Å². The minimum Gasteiger partial charge on any atom is -0.450 e. The van der Waals surface area contributed by atoms with Crippen molar-refractivity contribution >= 4 is 27.9 Å². The number of quaternary nitrogens is 1. The summed E-state index contributed by atoms with van der Waals surface area (Å²) in [5.74, 6) is 0.929. The molecular weight excluding hydrogens is 252 g/mol. The molecule has 3 heterocycles. The summed E-state index contributed by atoms with van der Waals surface area (Å²) in [5.41, 5.74) is 2.61. The molecule has 102 valence electrons. The fraction of sp³-hybridized carbons (Fsp3) is 0.333. The largest absolute Gasteiger partial charge is 0.450 e. The molecule has 0 bridgehead atoms. The Balaban J connectivity index is 1.87. The van der Waals surface area contributed by atoms with Crippen LogP contribution in [0.25, 0.3) is 22.1 Å². The summed E-state index contributed by atoms with van der Waals surface area (Å²) in [7, 11) is 2.23. The highest BCUT2D eigenvalue weighted by atomic mass is 16.3. The zero-order valence-electron chi connectivity index (χ0n) is 11.5. The average molecular weight is 269 g/mol. The highest BCUT2D eigenvalue weighted by molar-refractivity contribution is 6.05. The van der Waals surface area contributed by atoms with E-state index in [2.05, 4.69) is 21.9 Å². The maximum Gasteiger partial charge on any atom is 0.196 e. The molecule has 20 heavy (non-hydrogen) atoms. The molecule has 1 aromatic carbocycles. The maximum atomic E-state index is 5.99. The van der Waals surface area contributed by atoms with Gasteiger partial charge < -0.3 is 14.2 Å². The molecule has 1 fully saturated rings. The quantitative estimate of drug-likeness (QED) is 0.707. The number of nitrogens with zero attached hydrogens (tertiary/aromatic N) is 3. The van der Waals surface area contributed by atoms with Crippen molar-refractivity contribution in [1.82, 2.24) is 9.97 Å². The van der Waals surface area contributed by atoms with Gasteiger partial charge in [-0.2, -0.15) is 0 Å². The van der Waals surface area contributed by atoms with Crippen LogP contribution in [0.1, 0.15) is 0 Å². The van der Waals surface area contributed by atoms with Crippen molar-refractivity contribution in [2.75, 3.05) is 38.1 Å². The number of nitrogens with one attached hydrogen (secondary N) is 1. The van der Waals surface area contributed by atoms with E-state index in [-0.39, 0.29) is 0 Å². The smallest absolute Gasteiger partial charge is 0.196 e. The summed E-state index contributed by atoms with van der Waals surface area (Å²) in [6, 6.07) is 8.02. The highest BCUT2D eigenvalue weighted by Crippen LogP contribution is 2.31. The van der Waals surface area contributed by atoms with Gasteiger partial charge in [-0.1, -0.05) is 12.1 Å². The van der Waals surface area contributed by atoms with Gasteiger partial charge in [0.05, 0.1) is 33.2 Å². The Morgan fingerprint density at radius 3 is 2.80 bits per heavy atom. The summed E-state index contributed by atoms with van der Waals surface area (Å²) in [4.78, 5) is 12.7. The first-order valence-corrected chi connectivity index (χ1v) is 7.01. The van der Waals surface area contributed by atoms with Gasteiger partial charge in [-0.15, -0.1) is 0 Å². The molecule has 0 atom stereocenters. The molecule has 3 aromatic rings. The molecule has 0 saturated carbocycles. The first-order valence-electron chi connectivity index (χ1n) is 7.01. The highest BCUT2D eigenvalue weighted by Gasteiger charge is 2.22. The molecule has 0 amide bonds. The van der Waals surface area contributed by atoms with Crippen LogP contribution in [0.15, 0.2) is 35.0 Å². The van der Waals surface area contributed by atoms with Crippen LogP contribution in [0.3, 0.4) is 0 Å². The lowest BCUT2D eigenvalue weighted by Gasteiger charge is -2.30. The minimum atomic E-state index is 0.813. The third kappa shape index (κ3) is 1.74. The van der Waals surface area contributed by atoms with Crippen LogP contribution in [0.5, 0.6) is 0 Å². The predicted molar refractivity (Wildman–Crippen MR) is 78.1 cm³/mol. The van der Waals surface area contributed by atoms with E-state index >= 15 is 0 Å². The van der Waals surface area contributed by atoms with E-state index in [9.17, 15) is 0 Å². The van der Waals surface area contributed by atoms with Crippen molar-refractivity contribution in [3.8, 4) is 0 Å². The van der Waals surface area contributed by atoms with Crippen molar-refractivity contribution in [2.45, 2.75) is 0 Å². The van der Waals surface area contributed by atoms with Gasteiger partial charge in [0.2, 0.25) is 0 Å². The number of fused-ring (bicyclic) bond motifs is 3. The Labute approximate surface area is 116 Å². The van der Waals surface area contributed by atoms with Gasteiger partial charge in [-0.05, 0) is 12.1 Å². The number of hydrogen-bond donors (Lipinski definition) is 1. The minimum absolute atomic E-state index is 0.813. The number of likely N-dealkylation sites (N-methyl/N-ethyl adjacent to an activating group) is 1. The number of para-hydroxylation sites is 1. The van der Waals surface area contributed by atoms with Gasteiger partial charge >= 0.3 is 0 Å². The lowest BCUT2D eigenvalue weighted by molar-refractivity contribution is -0.880. The van der Waals surface area contributed by atoms with Crippen molar-refractivity contribution in [3.63, 3.8) is 0 Å². The zero-order valence-corrected chi connectivity index (χ0v) is 11.5. The van der Waals surface area contributed by atoms with E-state index in [1.165, 1.54) is 0 Å². The summed E-state index contributed by atoms with van der Waals surface area (Å²) in [6.45, 7) is 4.28. The fourth-order valence-corrected chi connectivity index (χ4v) is 2.84. The first-order chi connectivity index (χ1) is 9.83. The molecule has 0 spiro atoms. The molecule has 1 aliphatic rings. The number of aromatic nitrogens is 2. The molecule has 1 aliphatic heterocycles.